The number of anilines is 3. The van der Waals surface area contributed by atoms with Crippen molar-refractivity contribution in [2.45, 2.75) is 6.92 Å². The van der Waals surface area contributed by atoms with Gasteiger partial charge in [0.25, 0.3) is 0 Å². The summed E-state index contributed by atoms with van der Waals surface area (Å²) in [5.74, 6) is 1.49. The second-order valence-electron chi connectivity index (χ2n) is 9.06. The van der Waals surface area contributed by atoms with Crippen LogP contribution < -0.4 is 20.7 Å². The van der Waals surface area contributed by atoms with Crippen LogP contribution in [0.15, 0.2) is 72.0 Å². The van der Waals surface area contributed by atoms with Crippen molar-refractivity contribution in [2.24, 2.45) is 4.99 Å². The Labute approximate surface area is 233 Å². The van der Waals surface area contributed by atoms with E-state index in [0.717, 1.165) is 39.5 Å². The van der Waals surface area contributed by atoms with Gasteiger partial charge in [-0.2, -0.15) is 5.10 Å². The van der Waals surface area contributed by atoms with Crippen molar-refractivity contribution in [3.63, 3.8) is 0 Å². The molecule has 0 aliphatic heterocycles. The molecule has 0 bridgehead atoms. The van der Waals surface area contributed by atoms with E-state index >= 15 is 0 Å². The van der Waals surface area contributed by atoms with Gasteiger partial charge in [0.2, 0.25) is 0 Å². The van der Waals surface area contributed by atoms with Crippen LogP contribution in [0.3, 0.4) is 0 Å². The molecule has 2 aromatic carbocycles. The van der Waals surface area contributed by atoms with Gasteiger partial charge in [-0.15, -0.1) is 0 Å². The number of carbonyl (C=O) groups excluding carboxylic acids is 1. The standard InChI is InChI=1S/C29H35N7O4/c1-21-26(34-29(39)31-12-13-35(14-16-37)15-17-38)20-36-28(21)27(22(18-30-2)19-32-36)33-23-8-10-25(11-9-23)40-24-6-4-3-5-7-24/h3-11,18-20,33,37-38H,12-17H2,1-2H3,(H2,31,34,39). The first kappa shape index (κ1) is 28.6. The number of aliphatic imine (C=N–C) groups is 1. The molecule has 0 fully saturated rings. The average Bonchev–Trinajstić information content (AvgIpc) is 3.27. The largest absolute Gasteiger partial charge is 0.457 e. The van der Waals surface area contributed by atoms with E-state index in [-0.39, 0.29) is 19.2 Å². The summed E-state index contributed by atoms with van der Waals surface area (Å²) in [4.78, 5) is 18.7. The predicted molar refractivity (Wildman–Crippen MR) is 157 cm³/mol. The van der Waals surface area contributed by atoms with Crippen molar-refractivity contribution in [3.05, 3.63) is 78.1 Å². The topological polar surface area (TPSA) is 136 Å². The van der Waals surface area contributed by atoms with E-state index in [9.17, 15) is 4.79 Å². The van der Waals surface area contributed by atoms with E-state index in [4.69, 9.17) is 14.9 Å². The lowest BCUT2D eigenvalue weighted by Crippen LogP contribution is -2.39. The van der Waals surface area contributed by atoms with Crippen LogP contribution >= 0.6 is 0 Å². The molecule has 11 heteroatoms. The molecule has 4 aromatic rings. The Balaban J connectivity index is 1.50. The van der Waals surface area contributed by atoms with E-state index in [2.05, 4.69) is 26.0 Å². The molecule has 0 saturated carbocycles. The fourth-order valence-corrected chi connectivity index (χ4v) is 4.28. The van der Waals surface area contributed by atoms with Crippen LogP contribution in [0.2, 0.25) is 0 Å². The molecule has 0 saturated heterocycles. The maximum Gasteiger partial charge on any atom is 0.319 e. The highest BCUT2D eigenvalue weighted by Crippen LogP contribution is 2.33. The van der Waals surface area contributed by atoms with Crippen LogP contribution in [-0.4, -0.2) is 83.4 Å². The number of aromatic nitrogens is 2. The van der Waals surface area contributed by atoms with Crippen molar-refractivity contribution in [1.29, 1.82) is 0 Å². The monoisotopic (exact) mass is 545 g/mol. The number of aliphatic hydroxyl groups is 2. The van der Waals surface area contributed by atoms with Crippen molar-refractivity contribution in [1.82, 2.24) is 19.8 Å². The highest BCUT2D eigenvalue weighted by Gasteiger charge is 2.17. The lowest BCUT2D eigenvalue weighted by molar-refractivity contribution is 0.162. The zero-order valence-corrected chi connectivity index (χ0v) is 22.7. The number of amides is 2. The molecular formula is C29H35N7O4. The Morgan fingerprint density at radius 3 is 2.42 bits per heavy atom. The number of nitrogens with one attached hydrogen (secondary N) is 3. The molecule has 0 radical (unpaired) electrons. The van der Waals surface area contributed by atoms with Gasteiger partial charge in [-0.3, -0.25) is 9.89 Å². The van der Waals surface area contributed by atoms with E-state index in [1.165, 1.54) is 0 Å². The second-order valence-corrected chi connectivity index (χ2v) is 9.06. The third-order valence-corrected chi connectivity index (χ3v) is 6.25. The molecule has 11 nitrogen and oxygen atoms in total. The van der Waals surface area contributed by atoms with Crippen molar-refractivity contribution >= 4 is 34.8 Å². The number of fused-ring (bicyclic) bond motifs is 1. The number of aliphatic hydroxyl groups excluding tert-OH is 2. The van der Waals surface area contributed by atoms with Crippen LogP contribution in [0, 0.1) is 6.92 Å². The lowest BCUT2D eigenvalue weighted by atomic mass is 10.1. The Bertz CT molecular complexity index is 1420. The highest BCUT2D eigenvalue weighted by molar-refractivity contribution is 5.99. The summed E-state index contributed by atoms with van der Waals surface area (Å²) >= 11 is 0. The van der Waals surface area contributed by atoms with Gasteiger partial charge in [-0.25, -0.2) is 9.31 Å². The molecule has 0 atom stereocenters. The van der Waals surface area contributed by atoms with Gasteiger partial charge in [-0.1, -0.05) is 18.2 Å². The molecule has 40 heavy (non-hydrogen) atoms. The number of aryl methyl sites for hydroxylation is 1. The Kier molecular flexibility index (Phi) is 10.1. The number of ether oxygens (including phenoxy) is 1. The zero-order valence-electron chi connectivity index (χ0n) is 22.7. The summed E-state index contributed by atoms with van der Waals surface area (Å²) in [5, 5.41) is 32.0. The van der Waals surface area contributed by atoms with E-state index in [1.807, 2.05) is 66.4 Å². The van der Waals surface area contributed by atoms with E-state index in [0.29, 0.717) is 31.9 Å². The number of hydrogen-bond donors (Lipinski definition) is 5. The molecule has 0 aliphatic rings. The molecule has 2 amide bonds. The molecule has 0 spiro atoms. The lowest BCUT2D eigenvalue weighted by Gasteiger charge is -2.20. The van der Waals surface area contributed by atoms with Gasteiger partial charge in [0.15, 0.2) is 0 Å². The van der Waals surface area contributed by atoms with Gasteiger partial charge >= 0.3 is 6.03 Å². The molecule has 210 valence electrons. The number of urea groups is 1. The SMILES string of the molecule is CN=Cc1cnn2cc(NC(=O)NCCN(CCO)CCO)c(C)c2c1Nc1ccc(Oc2ccccc2)cc1. The van der Waals surface area contributed by atoms with E-state index in [1.54, 1.807) is 30.2 Å². The van der Waals surface area contributed by atoms with Crippen molar-refractivity contribution < 1.29 is 19.7 Å². The summed E-state index contributed by atoms with van der Waals surface area (Å²) in [6.45, 7) is 3.64. The first-order valence-electron chi connectivity index (χ1n) is 13.0. The van der Waals surface area contributed by atoms with Crippen LogP contribution in [-0.2, 0) is 0 Å². The quantitative estimate of drug-likeness (QED) is 0.162. The number of hydrogen-bond acceptors (Lipinski definition) is 8. The average molecular weight is 546 g/mol. The summed E-state index contributed by atoms with van der Waals surface area (Å²) in [6.07, 6.45) is 5.22. The minimum Gasteiger partial charge on any atom is -0.457 e. The summed E-state index contributed by atoms with van der Waals surface area (Å²) in [5.41, 5.74) is 4.70. The Morgan fingerprint density at radius 1 is 1.05 bits per heavy atom. The summed E-state index contributed by atoms with van der Waals surface area (Å²) < 4.78 is 7.63. The minimum atomic E-state index is -0.356. The summed E-state index contributed by atoms with van der Waals surface area (Å²) in [6, 6.07) is 16.9. The maximum absolute atomic E-state index is 12.6. The molecule has 2 heterocycles. The molecule has 0 aliphatic carbocycles. The van der Waals surface area contributed by atoms with Crippen LogP contribution in [0.25, 0.3) is 5.52 Å². The van der Waals surface area contributed by atoms with Crippen molar-refractivity contribution in [3.8, 4) is 11.5 Å². The molecule has 4 rings (SSSR count). The summed E-state index contributed by atoms with van der Waals surface area (Å²) in [7, 11) is 1.70. The van der Waals surface area contributed by atoms with Gasteiger partial charge < -0.3 is 30.9 Å². The first-order chi connectivity index (χ1) is 19.5. The van der Waals surface area contributed by atoms with Crippen LogP contribution in [0.4, 0.5) is 21.9 Å². The minimum absolute atomic E-state index is 0.0115. The smallest absolute Gasteiger partial charge is 0.319 e. The van der Waals surface area contributed by atoms with Crippen LogP contribution in [0.5, 0.6) is 11.5 Å². The van der Waals surface area contributed by atoms with Crippen LogP contribution in [0.1, 0.15) is 11.1 Å². The molecular weight excluding hydrogens is 510 g/mol. The van der Waals surface area contributed by atoms with Gasteiger partial charge in [0.05, 0.1) is 42.5 Å². The highest BCUT2D eigenvalue weighted by atomic mass is 16.5. The molecule has 5 N–H and O–H groups in total. The molecule has 2 aromatic heterocycles. The number of carbonyl (C=O) groups is 1. The van der Waals surface area contributed by atoms with Gasteiger partial charge in [0, 0.05) is 56.3 Å². The third kappa shape index (κ3) is 7.35. The number of para-hydroxylation sites is 1. The van der Waals surface area contributed by atoms with E-state index < -0.39 is 0 Å². The van der Waals surface area contributed by atoms with Gasteiger partial charge in [0.1, 0.15) is 11.5 Å². The second kappa shape index (κ2) is 14.1. The van der Waals surface area contributed by atoms with Crippen molar-refractivity contribution in [2.75, 3.05) is 57.1 Å². The number of rotatable bonds is 13. The number of nitrogens with zero attached hydrogens (tertiary/aromatic N) is 4. The molecule has 0 unspecified atom stereocenters. The van der Waals surface area contributed by atoms with Gasteiger partial charge in [-0.05, 0) is 43.3 Å². The first-order valence-corrected chi connectivity index (χ1v) is 13.0. The fraction of sp³-hybridized carbons (Fsp3) is 0.276. The predicted octanol–water partition coefficient (Wildman–Crippen LogP) is 3.64. The zero-order chi connectivity index (χ0) is 28.3. The normalized spacial score (nSPS) is 11.3. The fourth-order valence-electron chi connectivity index (χ4n) is 4.28. The Morgan fingerprint density at radius 2 is 1.75 bits per heavy atom. The maximum atomic E-state index is 12.6. The number of benzene rings is 2. The third-order valence-electron chi connectivity index (χ3n) is 6.25. The Hall–Kier alpha value is -4.45.